The topological polar surface area (TPSA) is 21.3 Å². The Morgan fingerprint density at radius 3 is 2.75 bits per heavy atom. The highest BCUT2D eigenvalue weighted by atomic mass is 16.5. The van der Waals surface area contributed by atoms with E-state index in [-0.39, 0.29) is 0 Å². The third kappa shape index (κ3) is 1.98. The van der Waals surface area contributed by atoms with Crippen molar-refractivity contribution < 1.29 is 4.74 Å². The zero-order valence-electron chi connectivity index (χ0n) is 7.79. The average Bonchev–Trinajstić information content (AvgIpc) is 2.17. The third-order valence-electron chi connectivity index (χ3n) is 2.03. The van der Waals surface area contributed by atoms with Crippen LogP contribution in [0.15, 0.2) is 24.3 Å². The minimum Gasteiger partial charge on any atom is -0.497 e. The van der Waals surface area contributed by atoms with Crippen molar-refractivity contribution in [1.29, 1.82) is 0 Å². The van der Waals surface area contributed by atoms with E-state index in [4.69, 9.17) is 4.74 Å². The summed E-state index contributed by atoms with van der Waals surface area (Å²) in [6.07, 6.45) is 0. The molecule has 0 amide bonds. The first-order valence-corrected chi connectivity index (χ1v) is 4.09. The van der Waals surface area contributed by atoms with Crippen LogP contribution in [0.25, 0.3) is 0 Å². The van der Waals surface area contributed by atoms with Crippen LogP contribution in [0.3, 0.4) is 0 Å². The second kappa shape index (κ2) is 4.12. The molecular weight excluding hydrogens is 150 g/mol. The number of benzene rings is 1. The van der Waals surface area contributed by atoms with Crippen molar-refractivity contribution in [3.8, 4) is 5.75 Å². The van der Waals surface area contributed by atoms with E-state index in [1.807, 2.05) is 25.2 Å². The Labute approximate surface area is 73.6 Å². The van der Waals surface area contributed by atoms with Crippen molar-refractivity contribution in [1.82, 2.24) is 5.32 Å². The van der Waals surface area contributed by atoms with Crippen molar-refractivity contribution in [2.24, 2.45) is 0 Å². The minimum absolute atomic E-state index is 0.375. The van der Waals surface area contributed by atoms with Crippen LogP contribution in [0.5, 0.6) is 5.75 Å². The Bertz CT molecular complexity index is 247. The van der Waals surface area contributed by atoms with Gasteiger partial charge in [-0.3, -0.25) is 0 Å². The van der Waals surface area contributed by atoms with E-state index < -0.39 is 0 Å². The summed E-state index contributed by atoms with van der Waals surface area (Å²) in [5.41, 5.74) is 1.25. The van der Waals surface area contributed by atoms with Crippen LogP contribution in [-0.2, 0) is 0 Å². The van der Waals surface area contributed by atoms with Crippen LogP contribution in [-0.4, -0.2) is 14.2 Å². The number of nitrogens with one attached hydrogen (secondary N) is 1. The van der Waals surface area contributed by atoms with E-state index >= 15 is 0 Å². The Balaban J connectivity index is 2.86. The van der Waals surface area contributed by atoms with E-state index in [1.54, 1.807) is 7.11 Å². The minimum atomic E-state index is 0.375. The molecule has 0 aliphatic heterocycles. The van der Waals surface area contributed by atoms with E-state index in [1.165, 1.54) is 5.56 Å². The lowest BCUT2D eigenvalue weighted by Crippen LogP contribution is -2.11. The summed E-state index contributed by atoms with van der Waals surface area (Å²) in [7, 11) is 3.63. The second-order valence-electron chi connectivity index (χ2n) is 2.79. The maximum atomic E-state index is 5.12. The molecule has 0 spiro atoms. The maximum absolute atomic E-state index is 5.12. The molecular formula is C10H15NO. The fourth-order valence-electron chi connectivity index (χ4n) is 1.08. The van der Waals surface area contributed by atoms with E-state index in [0.717, 1.165) is 5.75 Å². The van der Waals surface area contributed by atoms with Gasteiger partial charge in [0, 0.05) is 6.04 Å². The monoisotopic (exact) mass is 165 g/mol. The predicted molar refractivity (Wildman–Crippen MR) is 50.5 cm³/mol. The first-order valence-electron chi connectivity index (χ1n) is 4.09. The fourth-order valence-corrected chi connectivity index (χ4v) is 1.08. The summed E-state index contributed by atoms with van der Waals surface area (Å²) in [6, 6.07) is 8.46. The van der Waals surface area contributed by atoms with Crippen LogP contribution in [0.4, 0.5) is 0 Å². The highest BCUT2D eigenvalue weighted by Crippen LogP contribution is 2.17. The molecule has 1 aromatic rings. The first-order chi connectivity index (χ1) is 5.77. The van der Waals surface area contributed by atoms with Crippen molar-refractivity contribution in [3.05, 3.63) is 29.8 Å². The van der Waals surface area contributed by atoms with Gasteiger partial charge in [-0.15, -0.1) is 0 Å². The van der Waals surface area contributed by atoms with Crippen molar-refractivity contribution >= 4 is 0 Å². The standard InChI is InChI=1S/C10H15NO/c1-8(11-2)9-5-4-6-10(7-9)12-3/h4-8,11H,1-3H3/t8-/m1/s1. The molecule has 1 aromatic carbocycles. The highest BCUT2D eigenvalue weighted by molar-refractivity contribution is 5.30. The quantitative estimate of drug-likeness (QED) is 0.739. The van der Waals surface area contributed by atoms with E-state index in [2.05, 4.69) is 18.3 Å². The van der Waals surface area contributed by atoms with Crippen molar-refractivity contribution in [2.45, 2.75) is 13.0 Å². The smallest absolute Gasteiger partial charge is 0.119 e. The molecule has 0 aliphatic rings. The fraction of sp³-hybridized carbons (Fsp3) is 0.400. The predicted octanol–water partition coefficient (Wildman–Crippen LogP) is 1.98. The number of hydrogen-bond acceptors (Lipinski definition) is 2. The number of methoxy groups -OCH3 is 1. The van der Waals surface area contributed by atoms with Gasteiger partial charge in [0.2, 0.25) is 0 Å². The molecule has 0 bridgehead atoms. The Morgan fingerprint density at radius 2 is 2.17 bits per heavy atom. The Kier molecular flexibility index (Phi) is 3.11. The first kappa shape index (κ1) is 9.07. The molecule has 0 fully saturated rings. The molecule has 1 atom stereocenters. The summed E-state index contributed by atoms with van der Waals surface area (Å²) in [4.78, 5) is 0. The normalized spacial score (nSPS) is 12.6. The number of rotatable bonds is 3. The van der Waals surface area contributed by atoms with Crippen molar-refractivity contribution in [2.75, 3.05) is 14.2 Å². The zero-order chi connectivity index (χ0) is 8.97. The summed E-state index contributed by atoms with van der Waals surface area (Å²) in [5, 5.41) is 3.18. The van der Waals surface area contributed by atoms with Gasteiger partial charge in [-0.1, -0.05) is 12.1 Å². The number of ether oxygens (including phenoxy) is 1. The summed E-state index contributed by atoms with van der Waals surface area (Å²) in [6.45, 7) is 2.12. The molecule has 1 rings (SSSR count). The lowest BCUT2D eigenvalue weighted by molar-refractivity contribution is 0.413. The van der Waals surface area contributed by atoms with Gasteiger partial charge in [-0.2, -0.15) is 0 Å². The van der Waals surface area contributed by atoms with Gasteiger partial charge in [0.25, 0.3) is 0 Å². The molecule has 12 heavy (non-hydrogen) atoms. The Hall–Kier alpha value is -1.02. The molecule has 2 heteroatoms. The van der Waals surface area contributed by atoms with Crippen LogP contribution in [0.1, 0.15) is 18.5 Å². The van der Waals surface area contributed by atoms with Gasteiger partial charge in [0.1, 0.15) is 5.75 Å². The van der Waals surface area contributed by atoms with Crippen LogP contribution < -0.4 is 10.1 Å². The molecule has 0 aromatic heterocycles. The summed E-state index contributed by atoms with van der Waals surface area (Å²) >= 11 is 0. The molecule has 0 saturated heterocycles. The molecule has 0 radical (unpaired) electrons. The molecule has 2 nitrogen and oxygen atoms in total. The zero-order valence-corrected chi connectivity index (χ0v) is 7.79. The van der Waals surface area contributed by atoms with Gasteiger partial charge in [0.05, 0.1) is 7.11 Å². The van der Waals surface area contributed by atoms with E-state index in [0.29, 0.717) is 6.04 Å². The summed E-state index contributed by atoms with van der Waals surface area (Å²) < 4.78 is 5.12. The molecule has 0 aliphatic carbocycles. The van der Waals surface area contributed by atoms with Gasteiger partial charge in [-0.05, 0) is 31.7 Å². The average molecular weight is 165 g/mol. The molecule has 0 saturated carbocycles. The summed E-state index contributed by atoms with van der Waals surface area (Å²) in [5.74, 6) is 0.912. The Morgan fingerprint density at radius 1 is 1.42 bits per heavy atom. The van der Waals surface area contributed by atoms with Crippen LogP contribution in [0.2, 0.25) is 0 Å². The van der Waals surface area contributed by atoms with Crippen LogP contribution >= 0.6 is 0 Å². The van der Waals surface area contributed by atoms with Gasteiger partial charge in [-0.25, -0.2) is 0 Å². The lowest BCUT2D eigenvalue weighted by Gasteiger charge is -2.11. The van der Waals surface area contributed by atoms with Crippen molar-refractivity contribution in [3.63, 3.8) is 0 Å². The lowest BCUT2D eigenvalue weighted by atomic mass is 10.1. The molecule has 1 N–H and O–H groups in total. The molecule has 0 unspecified atom stereocenters. The van der Waals surface area contributed by atoms with Crippen LogP contribution in [0, 0.1) is 0 Å². The van der Waals surface area contributed by atoms with Gasteiger partial charge >= 0.3 is 0 Å². The SMILES string of the molecule is CN[C@H](C)c1cccc(OC)c1. The highest BCUT2D eigenvalue weighted by Gasteiger charge is 2.01. The van der Waals surface area contributed by atoms with Gasteiger partial charge < -0.3 is 10.1 Å². The third-order valence-corrected chi connectivity index (χ3v) is 2.03. The molecule has 66 valence electrons. The maximum Gasteiger partial charge on any atom is 0.119 e. The second-order valence-corrected chi connectivity index (χ2v) is 2.79. The van der Waals surface area contributed by atoms with E-state index in [9.17, 15) is 0 Å². The largest absolute Gasteiger partial charge is 0.497 e. The molecule has 0 heterocycles. The van der Waals surface area contributed by atoms with Gasteiger partial charge in [0.15, 0.2) is 0 Å². The number of hydrogen-bond donors (Lipinski definition) is 1.